The van der Waals surface area contributed by atoms with Gasteiger partial charge in [-0.1, -0.05) is 11.6 Å². The molecule has 186 valence electrons. The fourth-order valence-corrected chi connectivity index (χ4v) is 5.49. The van der Waals surface area contributed by atoms with Gasteiger partial charge in [-0.3, -0.25) is 4.79 Å². The summed E-state index contributed by atoms with van der Waals surface area (Å²) in [4.78, 5) is 13.9. The number of phenolic OH excluding ortho intramolecular Hbond substituents is 2. The minimum Gasteiger partial charge on any atom is -0.507 e. The molecule has 2 N–H and O–H groups in total. The summed E-state index contributed by atoms with van der Waals surface area (Å²) in [6.07, 6.45) is -3.92. The van der Waals surface area contributed by atoms with Gasteiger partial charge in [0, 0.05) is 24.2 Å². The van der Waals surface area contributed by atoms with Gasteiger partial charge in [0.25, 0.3) is 5.91 Å². The largest absolute Gasteiger partial charge is 0.573 e. The van der Waals surface area contributed by atoms with Crippen molar-refractivity contribution in [3.8, 4) is 17.2 Å². The molecular weight excluding hydrogens is 503 g/mol. The standard InChI is InChI=1S/C21H21ClF3NO7S/c1-32-10-14-3-2-6-26(14)20(29)16-9-15(33-21(23,24)25)7-12(19(16)28)11-34(30,31)18-8-13(22)4-5-17(18)27/h4-5,7-9,14,27-28H,2-3,6,10-11H2,1H3/t14-/m1/s1. The Morgan fingerprint density at radius 3 is 2.59 bits per heavy atom. The predicted molar refractivity (Wildman–Crippen MR) is 115 cm³/mol. The Morgan fingerprint density at radius 1 is 1.24 bits per heavy atom. The van der Waals surface area contributed by atoms with Crippen LogP contribution in [0.3, 0.4) is 0 Å². The van der Waals surface area contributed by atoms with E-state index in [4.69, 9.17) is 16.3 Å². The Labute approximate surface area is 198 Å². The van der Waals surface area contributed by atoms with Crippen LogP contribution in [0, 0.1) is 0 Å². The third-order valence-corrected chi connectivity index (χ3v) is 7.15. The van der Waals surface area contributed by atoms with Gasteiger partial charge in [-0.15, -0.1) is 13.2 Å². The quantitative estimate of drug-likeness (QED) is 0.566. The van der Waals surface area contributed by atoms with Crippen molar-refractivity contribution in [1.29, 1.82) is 0 Å². The third-order valence-electron chi connectivity index (χ3n) is 5.23. The molecule has 0 radical (unpaired) electrons. The van der Waals surface area contributed by atoms with Gasteiger partial charge in [0.05, 0.1) is 24.0 Å². The normalized spacial score (nSPS) is 16.6. The monoisotopic (exact) mass is 523 g/mol. The van der Waals surface area contributed by atoms with E-state index in [-0.39, 0.29) is 24.2 Å². The van der Waals surface area contributed by atoms with Gasteiger partial charge in [0.2, 0.25) is 0 Å². The van der Waals surface area contributed by atoms with Gasteiger partial charge in [-0.25, -0.2) is 8.42 Å². The number of nitrogens with zero attached hydrogens (tertiary/aromatic N) is 1. The molecule has 8 nitrogen and oxygen atoms in total. The molecule has 2 aromatic rings. The molecule has 34 heavy (non-hydrogen) atoms. The number of carbonyl (C=O) groups is 1. The molecule has 0 saturated carbocycles. The molecule has 0 spiro atoms. The summed E-state index contributed by atoms with van der Waals surface area (Å²) >= 11 is 5.80. The number of rotatable bonds is 7. The van der Waals surface area contributed by atoms with Crippen molar-refractivity contribution in [2.24, 2.45) is 0 Å². The maximum absolute atomic E-state index is 13.1. The average molecular weight is 524 g/mol. The second-order valence-electron chi connectivity index (χ2n) is 7.65. The topological polar surface area (TPSA) is 113 Å². The van der Waals surface area contributed by atoms with Crippen molar-refractivity contribution in [3.63, 3.8) is 0 Å². The summed E-state index contributed by atoms with van der Waals surface area (Å²) in [7, 11) is -2.97. The van der Waals surface area contributed by atoms with Crippen molar-refractivity contribution in [2.45, 2.75) is 35.9 Å². The lowest BCUT2D eigenvalue weighted by molar-refractivity contribution is -0.274. The molecule has 1 aliphatic heterocycles. The molecule has 13 heteroatoms. The number of methoxy groups -OCH3 is 1. The first-order valence-corrected chi connectivity index (χ1v) is 12.0. The summed E-state index contributed by atoms with van der Waals surface area (Å²) in [5.41, 5.74) is -1.07. The maximum Gasteiger partial charge on any atom is 0.573 e. The Hall–Kier alpha value is -2.70. The number of hydrogen-bond acceptors (Lipinski definition) is 7. The number of sulfone groups is 1. The predicted octanol–water partition coefficient (Wildman–Crippen LogP) is 3.87. The molecule has 0 bridgehead atoms. The molecule has 0 aromatic heterocycles. The molecule has 1 fully saturated rings. The number of carbonyl (C=O) groups excluding carboxylic acids is 1. The molecule has 1 heterocycles. The molecule has 1 amide bonds. The smallest absolute Gasteiger partial charge is 0.507 e. The van der Waals surface area contributed by atoms with E-state index in [1.165, 1.54) is 18.1 Å². The highest BCUT2D eigenvalue weighted by Crippen LogP contribution is 2.37. The number of halogens is 4. The van der Waals surface area contributed by atoms with Crippen molar-refractivity contribution in [1.82, 2.24) is 4.90 Å². The van der Waals surface area contributed by atoms with Crippen molar-refractivity contribution in [2.75, 3.05) is 20.3 Å². The van der Waals surface area contributed by atoms with Crippen molar-refractivity contribution < 1.29 is 46.1 Å². The van der Waals surface area contributed by atoms with Gasteiger partial charge >= 0.3 is 6.36 Å². The van der Waals surface area contributed by atoms with Crippen LogP contribution in [0.1, 0.15) is 28.8 Å². The first-order valence-electron chi connectivity index (χ1n) is 9.95. The summed E-state index contributed by atoms with van der Waals surface area (Å²) in [5, 5.41) is 20.7. The van der Waals surface area contributed by atoms with E-state index in [1.54, 1.807) is 0 Å². The van der Waals surface area contributed by atoms with Crippen molar-refractivity contribution >= 4 is 27.3 Å². The summed E-state index contributed by atoms with van der Waals surface area (Å²) in [6, 6.07) is 4.27. The van der Waals surface area contributed by atoms with Crippen LogP contribution in [0.15, 0.2) is 35.2 Å². The number of phenols is 2. The van der Waals surface area contributed by atoms with Crippen molar-refractivity contribution in [3.05, 3.63) is 46.5 Å². The van der Waals surface area contributed by atoms with E-state index in [2.05, 4.69) is 4.74 Å². The number of aromatic hydroxyl groups is 2. The van der Waals surface area contributed by atoms with Gasteiger partial charge < -0.3 is 24.6 Å². The van der Waals surface area contributed by atoms with E-state index in [1.807, 2.05) is 0 Å². The zero-order valence-electron chi connectivity index (χ0n) is 17.8. The average Bonchev–Trinajstić information content (AvgIpc) is 3.18. The van der Waals surface area contributed by atoms with E-state index >= 15 is 0 Å². The highest BCUT2D eigenvalue weighted by atomic mass is 35.5. The van der Waals surface area contributed by atoms with E-state index in [0.29, 0.717) is 25.0 Å². The van der Waals surface area contributed by atoms with Crippen LogP contribution in [0.5, 0.6) is 17.2 Å². The van der Waals surface area contributed by atoms with E-state index in [9.17, 15) is 36.6 Å². The Balaban J connectivity index is 2.07. The molecular formula is C21H21ClF3NO7S. The molecule has 0 aliphatic carbocycles. The number of hydrogen-bond donors (Lipinski definition) is 2. The van der Waals surface area contributed by atoms with Crippen LogP contribution in [-0.4, -0.2) is 62.1 Å². The van der Waals surface area contributed by atoms with Gasteiger partial charge in [-0.2, -0.15) is 0 Å². The number of alkyl halides is 3. The number of ether oxygens (including phenoxy) is 2. The molecule has 3 rings (SSSR count). The summed E-state index contributed by atoms with van der Waals surface area (Å²) < 4.78 is 73.5. The van der Waals surface area contributed by atoms with Crippen LogP contribution < -0.4 is 4.74 Å². The SMILES string of the molecule is COC[C@H]1CCCN1C(=O)c1cc(OC(F)(F)F)cc(CS(=O)(=O)c2cc(Cl)ccc2O)c1O. The van der Waals surface area contributed by atoms with Gasteiger partial charge in [0.15, 0.2) is 9.84 Å². The Kier molecular flexibility index (Phi) is 7.53. The Morgan fingerprint density at radius 2 is 1.94 bits per heavy atom. The minimum absolute atomic E-state index is 0.0103. The molecule has 0 unspecified atom stereocenters. The van der Waals surface area contributed by atoms with E-state index < -0.39 is 61.1 Å². The second-order valence-corrected chi connectivity index (χ2v) is 10.0. The number of likely N-dealkylation sites (tertiary alicyclic amines) is 1. The first kappa shape index (κ1) is 25.9. The highest BCUT2D eigenvalue weighted by Gasteiger charge is 2.35. The Bertz CT molecular complexity index is 1190. The fraction of sp³-hybridized carbons (Fsp3) is 0.381. The lowest BCUT2D eigenvalue weighted by Crippen LogP contribution is -2.38. The number of amides is 1. The summed E-state index contributed by atoms with van der Waals surface area (Å²) in [6.45, 7) is 0.460. The maximum atomic E-state index is 13.1. The zero-order valence-corrected chi connectivity index (χ0v) is 19.4. The van der Waals surface area contributed by atoms with Crippen LogP contribution in [-0.2, 0) is 20.3 Å². The minimum atomic E-state index is -5.13. The number of benzene rings is 2. The third kappa shape index (κ3) is 5.86. The highest BCUT2D eigenvalue weighted by molar-refractivity contribution is 7.90. The fourth-order valence-electron chi connectivity index (χ4n) is 3.77. The van der Waals surface area contributed by atoms with Crippen LogP contribution in [0.2, 0.25) is 5.02 Å². The van der Waals surface area contributed by atoms with Crippen LogP contribution >= 0.6 is 11.6 Å². The lowest BCUT2D eigenvalue weighted by Gasteiger charge is -2.25. The summed E-state index contributed by atoms with van der Waals surface area (Å²) in [5.74, 6) is -4.16. The van der Waals surface area contributed by atoms with Gasteiger partial charge in [-0.05, 0) is 43.2 Å². The molecule has 1 saturated heterocycles. The molecule has 1 aliphatic rings. The van der Waals surface area contributed by atoms with Crippen LogP contribution in [0.4, 0.5) is 13.2 Å². The lowest BCUT2D eigenvalue weighted by atomic mass is 10.1. The first-order chi connectivity index (χ1) is 15.8. The zero-order chi connectivity index (χ0) is 25.3. The van der Waals surface area contributed by atoms with Gasteiger partial charge in [0.1, 0.15) is 22.1 Å². The second kappa shape index (κ2) is 9.88. The molecule has 1 atom stereocenters. The van der Waals surface area contributed by atoms with E-state index in [0.717, 1.165) is 12.1 Å². The molecule has 2 aromatic carbocycles. The van der Waals surface area contributed by atoms with Crippen LogP contribution in [0.25, 0.3) is 0 Å².